The number of para-hydroxylation sites is 1. The average molecular weight is 297 g/mol. The van der Waals surface area contributed by atoms with Crippen LogP contribution in [-0.4, -0.2) is 19.7 Å². The van der Waals surface area contributed by atoms with Crippen molar-refractivity contribution >= 4 is 11.5 Å². The molecule has 5 nitrogen and oxygen atoms in total. The van der Waals surface area contributed by atoms with Crippen LogP contribution in [0.15, 0.2) is 36.4 Å². The Hall–Kier alpha value is -2.69. The predicted octanol–water partition coefficient (Wildman–Crippen LogP) is 3.16. The lowest BCUT2D eigenvalue weighted by Crippen LogP contribution is -2.23. The number of carbonyl (C=O) groups is 1. The van der Waals surface area contributed by atoms with Gasteiger partial charge in [-0.05, 0) is 12.1 Å². The summed E-state index contributed by atoms with van der Waals surface area (Å²) in [6.07, 6.45) is 0.382. The Balaban J connectivity index is 1.74. The van der Waals surface area contributed by atoms with Gasteiger partial charge in [-0.15, -0.1) is 0 Å². The Labute approximate surface area is 127 Å². The first-order valence-corrected chi connectivity index (χ1v) is 7.12. The van der Waals surface area contributed by atoms with Crippen molar-refractivity contribution in [1.29, 1.82) is 0 Å². The summed E-state index contributed by atoms with van der Waals surface area (Å²) >= 11 is 0. The molecule has 22 heavy (non-hydrogen) atoms. The van der Waals surface area contributed by atoms with E-state index in [1.165, 1.54) is 0 Å². The van der Waals surface area contributed by atoms with E-state index in [-0.39, 0.29) is 18.6 Å². The number of Topliss-reactive ketones (excluding diaryl/α,β-unsaturated/α-hetero) is 1. The smallest absolute Gasteiger partial charge is 0.231 e. The molecule has 4 rings (SSSR count). The number of ketones is 1. The highest BCUT2D eigenvalue weighted by atomic mass is 16.7. The first-order chi connectivity index (χ1) is 10.8. The fourth-order valence-electron chi connectivity index (χ4n) is 2.97. The molecule has 0 bridgehead atoms. The van der Waals surface area contributed by atoms with Crippen LogP contribution >= 0.6 is 0 Å². The van der Waals surface area contributed by atoms with Crippen molar-refractivity contribution in [2.75, 3.05) is 19.2 Å². The zero-order chi connectivity index (χ0) is 15.1. The normalized spacial score (nSPS) is 18.6. The minimum absolute atomic E-state index is 0.0861. The number of ether oxygens (including phenoxy) is 3. The number of nitrogens with one attached hydrogen (secondary N) is 1. The molecule has 2 aliphatic heterocycles. The quantitative estimate of drug-likeness (QED) is 0.922. The summed E-state index contributed by atoms with van der Waals surface area (Å²) in [7, 11) is 1.63. The van der Waals surface area contributed by atoms with Gasteiger partial charge in [0.25, 0.3) is 0 Å². The molecular formula is C17H15NO4. The Bertz CT molecular complexity index is 756. The van der Waals surface area contributed by atoms with Crippen molar-refractivity contribution in [3.8, 4) is 17.2 Å². The minimum Gasteiger partial charge on any atom is -0.496 e. The zero-order valence-corrected chi connectivity index (χ0v) is 12.1. The fourth-order valence-corrected chi connectivity index (χ4v) is 2.97. The van der Waals surface area contributed by atoms with Crippen molar-refractivity contribution in [2.45, 2.75) is 12.5 Å². The molecule has 1 atom stereocenters. The molecule has 0 spiro atoms. The molecule has 112 valence electrons. The molecule has 5 heteroatoms. The van der Waals surface area contributed by atoms with Gasteiger partial charge in [-0.2, -0.15) is 0 Å². The molecule has 0 saturated carbocycles. The Morgan fingerprint density at radius 1 is 1.18 bits per heavy atom. The molecule has 2 aromatic carbocycles. The molecule has 0 unspecified atom stereocenters. The summed E-state index contributed by atoms with van der Waals surface area (Å²) in [6.45, 7) is 0.197. The zero-order valence-electron chi connectivity index (χ0n) is 12.1. The van der Waals surface area contributed by atoms with Crippen molar-refractivity contribution in [3.05, 3.63) is 47.5 Å². The van der Waals surface area contributed by atoms with E-state index >= 15 is 0 Å². The molecule has 0 amide bonds. The van der Waals surface area contributed by atoms with Gasteiger partial charge >= 0.3 is 0 Å². The summed E-state index contributed by atoms with van der Waals surface area (Å²) in [6, 6.07) is 11.2. The van der Waals surface area contributed by atoms with E-state index in [4.69, 9.17) is 14.2 Å². The lowest BCUT2D eigenvalue weighted by molar-refractivity contribution is 0.0971. The SMILES string of the molecule is COc1ccccc1[C@H]1CC(=O)c2cc3c(cc2N1)OCO3. The Morgan fingerprint density at radius 3 is 2.77 bits per heavy atom. The van der Waals surface area contributed by atoms with E-state index in [1.807, 2.05) is 30.3 Å². The van der Waals surface area contributed by atoms with Gasteiger partial charge in [-0.25, -0.2) is 0 Å². The Kier molecular flexibility index (Phi) is 2.92. The first kappa shape index (κ1) is 13.0. The van der Waals surface area contributed by atoms with Crippen molar-refractivity contribution in [1.82, 2.24) is 0 Å². The van der Waals surface area contributed by atoms with E-state index in [9.17, 15) is 4.79 Å². The third kappa shape index (κ3) is 1.97. The summed E-state index contributed by atoms with van der Waals surface area (Å²) < 4.78 is 16.1. The Morgan fingerprint density at radius 2 is 1.95 bits per heavy atom. The number of rotatable bonds is 2. The summed E-state index contributed by atoms with van der Waals surface area (Å²) in [5.41, 5.74) is 2.40. The maximum absolute atomic E-state index is 12.5. The van der Waals surface area contributed by atoms with Crippen LogP contribution in [0.3, 0.4) is 0 Å². The van der Waals surface area contributed by atoms with E-state index in [2.05, 4.69) is 5.32 Å². The van der Waals surface area contributed by atoms with E-state index in [0.29, 0.717) is 23.5 Å². The van der Waals surface area contributed by atoms with Crippen LogP contribution in [0.4, 0.5) is 5.69 Å². The van der Waals surface area contributed by atoms with Crippen LogP contribution in [0.5, 0.6) is 17.2 Å². The largest absolute Gasteiger partial charge is 0.496 e. The predicted molar refractivity (Wildman–Crippen MR) is 80.9 cm³/mol. The lowest BCUT2D eigenvalue weighted by atomic mass is 9.91. The number of anilines is 1. The van der Waals surface area contributed by atoms with Crippen molar-refractivity contribution < 1.29 is 19.0 Å². The topological polar surface area (TPSA) is 56.8 Å². The standard InChI is InChI=1S/C17H15NO4/c1-20-15-5-3-2-4-10(15)12-7-14(19)11-6-16-17(22-9-21-16)8-13(11)18-12/h2-6,8,12,18H,7,9H2,1H3/t12-/m1/s1. The molecule has 0 radical (unpaired) electrons. The van der Waals surface area contributed by atoms with Crippen LogP contribution in [0.25, 0.3) is 0 Å². The van der Waals surface area contributed by atoms with Crippen LogP contribution < -0.4 is 19.5 Å². The minimum atomic E-state index is -0.114. The second-order valence-electron chi connectivity index (χ2n) is 5.32. The summed E-state index contributed by atoms with van der Waals surface area (Å²) in [5.74, 6) is 2.16. The highest BCUT2D eigenvalue weighted by Crippen LogP contribution is 2.42. The highest BCUT2D eigenvalue weighted by molar-refractivity contribution is 6.04. The monoisotopic (exact) mass is 297 g/mol. The molecule has 1 N–H and O–H groups in total. The van der Waals surface area contributed by atoms with Gasteiger partial charge in [0.05, 0.1) is 13.2 Å². The van der Waals surface area contributed by atoms with Gasteiger partial charge in [0.15, 0.2) is 17.3 Å². The van der Waals surface area contributed by atoms with E-state index < -0.39 is 0 Å². The number of benzene rings is 2. The lowest BCUT2D eigenvalue weighted by Gasteiger charge is -2.27. The molecule has 2 heterocycles. The van der Waals surface area contributed by atoms with Crippen LogP contribution in [0.1, 0.15) is 28.4 Å². The molecular weight excluding hydrogens is 282 g/mol. The summed E-state index contributed by atoms with van der Waals surface area (Å²) in [5, 5.41) is 3.41. The average Bonchev–Trinajstić information content (AvgIpc) is 3.00. The van der Waals surface area contributed by atoms with Gasteiger partial charge in [0.1, 0.15) is 5.75 Å². The van der Waals surface area contributed by atoms with Gasteiger partial charge < -0.3 is 19.5 Å². The molecule has 0 saturated heterocycles. The second-order valence-corrected chi connectivity index (χ2v) is 5.32. The number of carbonyl (C=O) groups excluding carboxylic acids is 1. The molecule has 2 aromatic rings. The maximum atomic E-state index is 12.5. The molecule has 0 aliphatic carbocycles. The number of fused-ring (bicyclic) bond motifs is 2. The van der Waals surface area contributed by atoms with E-state index in [0.717, 1.165) is 17.0 Å². The molecule has 0 aromatic heterocycles. The third-order valence-electron chi connectivity index (χ3n) is 4.05. The number of hydrogen-bond donors (Lipinski definition) is 1. The fraction of sp³-hybridized carbons (Fsp3) is 0.235. The second kappa shape index (κ2) is 4.94. The van der Waals surface area contributed by atoms with Crippen molar-refractivity contribution in [3.63, 3.8) is 0 Å². The molecule has 0 fully saturated rings. The van der Waals surface area contributed by atoms with Crippen molar-refractivity contribution in [2.24, 2.45) is 0 Å². The third-order valence-corrected chi connectivity index (χ3v) is 4.05. The summed E-state index contributed by atoms with van der Waals surface area (Å²) in [4.78, 5) is 12.5. The van der Waals surface area contributed by atoms with E-state index in [1.54, 1.807) is 13.2 Å². The van der Waals surface area contributed by atoms with Gasteiger partial charge in [-0.3, -0.25) is 4.79 Å². The number of hydrogen-bond acceptors (Lipinski definition) is 5. The number of methoxy groups -OCH3 is 1. The van der Waals surface area contributed by atoms with Gasteiger partial charge in [-0.1, -0.05) is 18.2 Å². The first-order valence-electron chi connectivity index (χ1n) is 7.12. The van der Waals surface area contributed by atoms with Gasteiger partial charge in [0.2, 0.25) is 6.79 Å². The highest BCUT2D eigenvalue weighted by Gasteiger charge is 2.30. The van der Waals surface area contributed by atoms with Crippen LogP contribution in [0.2, 0.25) is 0 Å². The maximum Gasteiger partial charge on any atom is 0.231 e. The molecule has 2 aliphatic rings. The van der Waals surface area contributed by atoms with Crippen LogP contribution in [-0.2, 0) is 0 Å². The van der Waals surface area contributed by atoms with Gasteiger partial charge in [0, 0.05) is 29.3 Å². The van der Waals surface area contributed by atoms with Crippen LogP contribution in [0, 0.1) is 0 Å².